The molecule has 0 aliphatic heterocycles. The van der Waals surface area contributed by atoms with Crippen molar-refractivity contribution in [2.45, 2.75) is 25.9 Å². The van der Waals surface area contributed by atoms with E-state index < -0.39 is 23.9 Å². The summed E-state index contributed by atoms with van der Waals surface area (Å²) >= 11 is 0. The van der Waals surface area contributed by atoms with Crippen LogP contribution in [0.15, 0.2) is 18.2 Å². The minimum Gasteiger partial charge on any atom is -0.479 e. The summed E-state index contributed by atoms with van der Waals surface area (Å²) in [4.78, 5) is 22.0. The normalized spacial score (nSPS) is 11.9. The van der Waals surface area contributed by atoms with Gasteiger partial charge in [-0.25, -0.2) is 9.18 Å². The van der Waals surface area contributed by atoms with Crippen LogP contribution in [0.3, 0.4) is 0 Å². The third-order valence-electron chi connectivity index (χ3n) is 2.57. The third kappa shape index (κ3) is 4.03. The van der Waals surface area contributed by atoms with Gasteiger partial charge in [-0.1, -0.05) is 12.1 Å². The topological polar surface area (TPSA) is 83.8 Å². The smallest absolute Gasteiger partial charge is 0.337 e. The zero-order valence-corrected chi connectivity index (χ0v) is 10.4. The van der Waals surface area contributed by atoms with E-state index in [0.29, 0.717) is 0 Å². The molecule has 5 nitrogen and oxygen atoms in total. The lowest BCUT2D eigenvalue weighted by Gasteiger charge is -2.13. The van der Waals surface area contributed by atoms with E-state index in [1.54, 1.807) is 6.92 Å². The van der Waals surface area contributed by atoms with Crippen LogP contribution in [0.5, 0.6) is 0 Å². The number of benzene rings is 1. The van der Waals surface area contributed by atoms with Gasteiger partial charge < -0.3 is 14.9 Å². The van der Waals surface area contributed by atoms with Crippen molar-refractivity contribution in [3.05, 3.63) is 35.1 Å². The van der Waals surface area contributed by atoms with Gasteiger partial charge in [0.05, 0.1) is 6.61 Å². The lowest BCUT2D eigenvalue weighted by Crippen LogP contribution is -2.15. The number of aliphatic hydroxyl groups is 1. The quantitative estimate of drug-likeness (QED) is 0.764. The molecule has 0 bridgehead atoms. The van der Waals surface area contributed by atoms with E-state index in [-0.39, 0.29) is 30.6 Å². The number of carboxylic acid groups (broad SMARTS) is 1. The first-order valence-corrected chi connectivity index (χ1v) is 5.81. The number of halogens is 1. The molecule has 6 heteroatoms. The predicted molar refractivity (Wildman–Crippen MR) is 63.9 cm³/mol. The maximum Gasteiger partial charge on any atom is 0.337 e. The second kappa shape index (κ2) is 6.84. The second-order valence-corrected chi connectivity index (χ2v) is 3.85. The van der Waals surface area contributed by atoms with Crippen molar-refractivity contribution in [2.75, 3.05) is 6.61 Å². The van der Waals surface area contributed by atoms with Crippen LogP contribution in [0.2, 0.25) is 0 Å². The van der Waals surface area contributed by atoms with Gasteiger partial charge in [0.25, 0.3) is 0 Å². The van der Waals surface area contributed by atoms with Gasteiger partial charge in [-0.15, -0.1) is 0 Å². The van der Waals surface area contributed by atoms with Crippen LogP contribution in [0.25, 0.3) is 0 Å². The van der Waals surface area contributed by atoms with Gasteiger partial charge in [-0.2, -0.15) is 0 Å². The van der Waals surface area contributed by atoms with Crippen LogP contribution >= 0.6 is 0 Å². The van der Waals surface area contributed by atoms with Gasteiger partial charge >= 0.3 is 11.9 Å². The number of ether oxygens (including phenoxy) is 1. The summed E-state index contributed by atoms with van der Waals surface area (Å²) < 4.78 is 18.4. The molecule has 1 aromatic rings. The summed E-state index contributed by atoms with van der Waals surface area (Å²) in [5.41, 5.74) is -0.0257. The molecular formula is C13H15FO5. The molecule has 0 spiro atoms. The Kier molecular flexibility index (Phi) is 5.44. The molecule has 1 atom stereocenters. The standard InChI is InChI=1S/C13H15FO5/c1-2-19-11(15)7-6-8-9(12(16)13(17)18)4-3-5-10(8)14/h3-5,12,16H,2,6-7H2,1H3,(H,17,18). The minimum absolute atomic E-state index is 0.0189. The summed E-state index contributed by atoms with van der Waals surface area (Å²) in [5, 5.41) is 18.2. The van der Waals surface area contributed by atoms with E-state index >= 15 is 0 Å². The zero-order chi connectivity index (χ0) is 14.4. The Bertz CT molecular complexity index is 472. The van der Waals surface area contributed by atoms with E-state index in [0.717, 1.165) is 6.07 Å². The molecule has 0 aliphatic rings. The Morgan fingerprint density at radius 2 is 2.11 bits per heavy atom. The summed E-state index contributed by atoms with van der Waals surface area (Å²) in [7, 11) is 0. The van der Waals surface area contributed by atoms with E-state index in [1.807, 2.05) is 0 Å². The maximum absolute atomic E-state index is 13.7. The number of aliphatic carboxylic acids is 1. The fourth-order valence-corrected chi connectivity index (χ4v) is 1.69. The molecule has 0 amide bonds. The molecule has 0 fully saturated rings. The lowest BCUT2D eigenvalue weighted by atomic mass is 9.98. The van der Waals surface area contributed by atoms with Crippen molar-refractivity contribution in [1.29, 1.82) is 0 Å². The van der Waals surface area contributed by atoms with Crippen LogP contribution in [0.1, 0.15) is 30.6 Å². The SMILES string of the molecule is CCOC(=O)CCc1c(F)cccc1C(O)C(=O)O. The monoisotopic (exact) mass is 270 g/mol. The highest BCUT2D eigenvalue weighted by Crippen LogP contribution is 2.22. The van der Waals surface area contributed by atoms with E-state index in [9.17, 15) is 19.1 Å². The Balaban J connectivity index is 2.92. The van der Waals surface area contributed by atoms with E-state index in [2.05, 4.69) is 0 Å². The van der Waals surface area contributed by atoms with Crippen molar-refractivity contribution in [3.8, 4) is 0 Å². The summed E-state index contributed by atoms with van der Waals surface area (Å²) in [6.45, 7) is 1.88. The van der Waals surface area contributed by atoms with Crippen molar-refractivity contribution in [2.24, 2.45) is 0 Å². The Morgan fingerprint density at radius 1 is 1.42 bits per heavy atom. The molecule has 104 valence electrons. The second-order valence-electron chi connectivity index (χ2n) is 3.85. The number of carboxylic acids is 1. The fourth-order valence-electron chi connectivity index (χ4n) is 1.69. The molecule has 1 aromatic carbocycles. The van der Waals surface area contributed by atoms with Crippen LogP contribution in [0, 0.1) is 5.82 Å². The van der Waals surface area contributed by atoms with Crippen molar-refractivity contribution in [1.82, 2.24) is 0 Å². The first-order valence-electron chi connectivity index (χ1n) is 5.81. The molecule has 1 rings (SSSR count). The van der Waals surface area contributed by atoms with Crippen LogP contribution in [-0.4, -0.2) is 28.8 Å². The molecule has 0 saturated carbocycles. The highest BCUT2D eigenvalue weighted by atomic mass is 19.1. The zero-order valence-electron chi connectivity index (χ0n) is 10.4. The number of carbonyl (C=O) groups excluding carboxylic acids is 1. The van der Waals surface area contributed by atoms with Gasteiger partial charge in [0.2, 0.25) is 0 Å². The number of hydrogen-bond acceptors (Lipinski definition) is 4. The van der Waals surface area contributed by atoms with Crippen molar-refractivity contribution in [3.63, 3.8) is 0 Å². The molecule has 2 N–H and O–H groups in total. The lowest BCUT2D eigenvalue weighted by molar-refractivity contribution is -0.147. The average Bonchev–Trinajstić information content (AvgIpc) is 2.36. The van der Waals surface area contributed by atoms with Crippen LogP contribution in [-0.2, 0) is 20.7 Å². The molecule has 0 saturated heterocycles. The number of carbonyl (C=O) groups is 2. The van der Waals surface area contributed by atoms with Gasteiger partial charge in [-0.05, 0) is 30.5 Å². The molecule has 1 unspecified atom stereocenters. The molecular weight excluding hydrogens is 255 g/mol. The van der Waals surface area contributed by atoms with Gasteiger partial charge in [0.1, 0.15) is 5.82 Å². The fraction of sp³-hybridized carbons (Fsp3) is 0.385. The number of rotatable bonds is 6. The van der Waals surface area contributed by atoms with Crippen LogP contribution < -0.4 is 0 Å². The largest absolute Gasteiger partial charge is 0.479 e. The highest BCUT2D eigenvalue weighted by molar-refractivity contribution is 5.75. The van der Waals surface area contributed by atoms with Crippen LogP contribution in [0.4, 0.5) is 4.39 Å². The summed E-state index contributed by atoms with van der Waals surface area (Å²) in [6, 6.07) is 3.78. The maximum atomic E-state index is 13.7. The Morgan fingerprint density at radius 3 is 2.68 bits per heavy atom. The van der Waals surface area contributed by atoms with Gasteiger partial charge in [-0.3, -0.25) is 4.79 Å². The van der Waals surface area contributed by atoms with Crippen molar-refractivity contribution >= 4 is 11.9 Å². The molecule has 0 aromatic heterocycles. The van der Waals surface area contributed by atoms with E-state index in [4.69, 9.17) is 9.84 Å². The highest BCUT2D eigenvalue weighted by Gasteiger charge is 2.22. The Hall–Kier alpha value is -1.95. The molecule has 19 heavy (non-hydrogen) atoms. The molecule has 0 heterocycles. The van der Waals surface area contributed by atoms with E-state index in [1.165, 1.54) is 12.1 Å². The van der Waals surface area contributed by atoms with Gasteiger partial charge in [0, 0.05) is 6.42 Å². The molecule has 0 radical (unpaired) electrons. The van der Waals surface area contributed by atoms with Crippen molar-refractivity contribution < 1.29 is 28.9 Å². The Labute approximate surface area is 109 Å². The minimum atomic E-state index is -1.81. The summed E-state index contributed by atoms with van der Waals surface area (Å²) in [6.07, 6.45) is -1.91. The predicted octanol–water partition coefficient (Wildman–Crippen LogP) is 1.44. The number of aliphatic hydroxyl groups excluding tert-OH is 1. The number of esters is 1. The first-order chi connectivity index (χ1) is 8.97. The third-order valence-corrected chi connectivity index (χ3v) is 2.57. The van der Waals surface area contributed by atoms with Gasteiger partial charge in [0.15, 0.2) is 6.10 Å². The number of hydrogen-bond donors (Lipinski definition) is 2. The average molecular weight is 270 g/mol. The first kappa shape index (κ1) is 15.1. The summed E-state index contributed by atoms with van der Waals surface area (Å²) in [5.74, 6) is -2.62. The molecule has 0 aliphatic carbocycles.